The summed E-state index contributed by atoms with van der Waals surface area (Å²) in [5.74, 6) is 1.38. The Morgan fingerprint density at radius 1 is 1.33 bits per heavy atom. The average Bonchev–Trinajstić information content (AvgIpc) is 2.97. The Morgan fingerprint density at radius 2 is 2.00 bits per heavy atom. The molecule has 0 spiro atoms. The number of ether oxygens (including phenoxy) is 2. The Labute approximate surface area is 126 Å². The molecule has 0 bridgehead atoms. The van der Waals surface area contributed by atoms with Gasteiger partial charge in [-0.15, -0.1) is 0 Å². The Hall–Kier alpha value is -1.82. The summed E-state index contributed by atoms with van der Waals surface area (Å²) in [5, 5.41) is 0. The second-order valence-electron chi connectivity index (χ2n) is 5.97. The van der Waals surface area contributed by atoms with Crippen molar-refractivity contribution in [2.75, 3.05) is 6.79 Å². The maximum atomic E-state index is 12.2. The van der Waals surface area contributed by atoms with E-state index in [1.165, 1.54) is 11.3 Å². The number of hydrogen-bond acceptors (Lipinski definition) is 4. The molecule has 112 valence electrons. The molecule has 1 aromatic carbocycles. The Kier molecular flexibility index (Phi) is 3.28. The van der Waals surface area contributed by atoms with E-state index in [1.807, 2.05) is 44.4 Å². The van der Waals surface area contributed by atoms with Crippen LogP contribution in [0.15, 0.2) is 17.1 Å². The standard InChI is InChI=1S/C15H18N2O3S/c1-5-17-9-6-10-11(20-8-19-10)7-12(9)21-14(17)16-13(18)15(2,3)4/h6-7H,5,8H2,1-4H3. The number of hydrogen-bond donors (Lipinski definition) is 0. The van der Waals surface area contributed by atoms with Gasteiger partial charge in [0.1, 0.15) is 0 Å². The van der Waals surface area contributed by atoms with Crippen LogP contribution in [0.5, 0.6) is 11.5 Å². The van der Waals surface area contributed by atoms with Crippen molar-refractivity contribution in [1.29, 1.82) is 0 Å². The minimum atomic E-state index is -0.476. The molecule has 0 atom stereocenters. The number of carbonyl (C=O) groups is 1. The molecule has 0 saturated carbocycles. The van der Waals surface area contributed by atoms with Crippen LogP contribution < -0.4 is 14.3 Å². The van der Waals surface area contributed by atoms with Crippen molar-refractivity contribution in [2.45, 2.75) is 34.2 Å². The summed E-state index contributed by atoms with van der Waals surface area (Å²) < 4.78 is 13.9. The minimum Gasteiger partial charge on any atom is -0.454 e. The Bertz CT molecular complexity index is 781. The molecule has 1 aliphatic heterocycles. The summed E-state index contributed by atoms with van der Waals surface area (Å²) in [7, 11) is 0. The van der Waals surface area contributed by atoms with Gasteiger partial charge in [0.25, 0.3) is 5.91 Å². The zero-order chi connectivity index (χ0) is 15.2. The van der Waals surface area contributed by atoms with Gasteiger partial charge in [-0.3, -0.25) is 4.79 Å². The topological polar surface area (TPSA) is 52.8 Å². The van der Waals surface area contributed by atoms with E-state index in [1.54, 1.807) is 0 Å². The molecule has 1 aliphatic rings. The number of amides is 1. The molecule has 0 N–H and O–H groups in total. The highest BCUT2D eigenvalue weighted by Crippen LogP contribution is 2.36. The Balaban J connectivity index is 2.21. The fraction of sp³-hybridized carbons (Fsp3) is 0.467. The molecule has 0 radical (unpaired) electrons. The summed E-state index contributed by atoms with van der Waals surface area (Å²) >= 11 is 1.50. The first-order valence-electron chi connectivity index (χ1n) is 6.92. The number of benzene rings is 1. The van der Waals surface area contributed by atoms with Gasteiger partial charge in [0.2, 0.25) is 6.79 Å². The molecule has 6 heteroatoms. The fourth-order valence-corrected chi connectivity index (χ4v) is 3.21. The number of aromatic nitrogens is 1. The summed E-state index contributed by atoms with van der Waals surface area (Å²) in [6.07, 6.45) is 0. The van der Waals surface area contributed by atoms with Gasteiger partial charge in [-0.1, -0.05) is 32.1 Å². The normalized spacial score (nSPS) is 15.0. The lowest BCUT2D eigenvalue weighted by atomic mass is 9.96. The SMILES string of the molecule is CCn1c(=NC(=O)C(C)(C)C)sc2cc3c(cc21)OCO3. The maximum absolute atomic E-state index is 12.2. The summed E-state index contributed by atoms with van der Waals surface area (Å²) in [6, 6.07) is 3.91. The lowest BCUT2D eigenvalue weighted by molar-refractivity contribution is -0.125. The van der Waals surface area contributed by atoms with Crippen LogP contribution in [0, 0.1) is 5.41 Å². The highest BCUT2D eigenvalue weighted by atomic mass is 32.1. The van der Waals surface area contributed by atoms with Crippen molar-refractivity contribution < 1.29 is 14.3 Å². The van der Waals surface area contributed by atoms with Gasteiger partial charge in [-0.2, -0.15) is 4.99 Å². The first-order chi connectivity index (χ1) is 9.90. The van der Waals surface area contributed by atoms with E-state index in [9.17, 15) is 4.79 Å². The van der Waals surface area contributed by atoms with E-state index in [0.29, 0.717) is 0 Å². The largest absolute Gasteiger partial charge is 0.454 e. The molecule has 0 aliphatic carbocycles. The van der Waals surface area contributed by atoms with Crippen LogP contribution in [0.2, 0.25) is 0 Å². The number of aryl methyl sites for hydroxylation is 1. The Morgan fingerprint density at radius 3 is 2.62 bits per heavy atom. The van der Waals surface area contributed by atoms with Crippen molar-refractivity contribution in [1.82, 2.24) is 4.57 Å². The van der Waals surface area contributed by atoms with Gasteiger partial charge in [-0.25, -0.2) is 0 Å². The highest BCUT2D eigenvalue weighted by molar-refractivity contribution is 7.16. The molecule has 5 nitrogen and oxygen atoms in total. The molecular formula is C15H18N2O3S. The van der Waals surface area contributed by atoms with Crippen molar-refractivity contribution in [3.63, 3.8) is 0 Å². The smallest absolute Gasteiger partial charge is 0.253 e. The third kappa shape index (κ3) is 2.44. The summed E-state index contributed by atoms with van der Waals surface area (Å²) in [5.41, 5.74) is 0.544. The third-order valence-corrected chi connectivity index (χ3v) is 4.37. The molecule has 2 aromatic rings. The molecule has 0 fully saturated rings. The maximum Gasteiger partial charge on any atom is 0.253 e. The van der Waals surface area contributed by atoms with Gasteiger partial charge in [0, 0.05) is 24.1 Å². The predicted molar refractivity (Wildman–Crippen MR) is 81.6 cm³/mol. The quantitative estimate of drug-likeness (QED) is 0.814. The van der Waals surface area contributed by atoms with E-state index in [2.05, 4.69) is 4.99 Å². The third-order valence-electron chi connectivity index (χ3n) is 3.33. The second kappa shape index (κ2) is 4.87. The number of carbonyl (C=O) groups excluding carboxylic acids is 1. The highest BCUT2D eigenvalue weighted by Gasteiger charge is 2.22. The molecule has 21 heavy (non-hydrogen) atoms. The zero-order valence-corrected chi connectivity index (χ0v) is 13.4. The number of fused-ring (bicyclic) bond motifs is 2. The molecule has 3 rings (SSSR count). The number of nitrogens with zero attached hydrogens (tertiary/aromatic N) is 2. The van der Waals surface area contributed by atoms with E-state index in [-0.39, 0.29) is 12.7 Å². The van der Waals surface area contributed by atoms with Crippen LogP contribution in [0.3, 0.4) is 0 Å². The fourth-order valence-electron chi connectivity index (χ4n) is 2.11. The molecule has 0 unspecified atom stereocenters. The molecular weight excluding hydrogens is 288 g/mol. The van der Waals surface area contributed by atoms with E-state index < -0.39 is 5.41 Å². The number of thiazole rings is 1. The molecule has 1 amide bonds. The second-order valence-corrected chi connectivity index (χ2v) is 6.98. The van der Waals surface area contributed by atoms with Gasteiger partial charge < -0.3 is 14.0 Å². The van der Waals surface area contributed by atoms with Crippen molar-refractivity contribution in [2.24, 2.45) is 10.4 Å². The van der Waals surface area contributed by atoms with Crippen LogP contribution >= 0.6 is 11.3 Å². The molecule has 0 saturated heterocycles. The first kappa shape index (κ1) is 14.1. The van der Waals surface area contributed by atoms with Crippen molar-refractivity contribution >= 4 is 27.5 Å². The zero-order valence-electron chi connectivity index (χ0n) is 12.6. The van der Waals surface area contributed by atoms with Crippen LogP contribution in [0.4, 0.5) is 0 Å². The minimum absolute atomic E-state index is 0.115. The van der Waals surface area contributed by atoms with Crippen molar-refractivity contribution in [3.05, 3.63) is 16.9 Å². The van der Waals surface area contributed by atoms with Crippen molar-refractivity contribution in [3.8, 4) is 11.5 Å². The molecule has 2 heterocycles. The van der Waals surface area contributed by atoms with Gasteiger partial charge in [-0.05, 0) is 6.92 Å². The van der Waals surface area contributed by atoms with Crippen LogP contribution in [0.25, 0.3) is 10.2 Å². The van der Waals surface area contributed by atoms with E-state index in [0.717, 1.165) is 33.1 Å². The first-order valence-corrected chi connectivity index (χ1v) is 7.74. The van der Waals surface area contributed by atoms with E-state index >= 15 is 0 Å². The lowest BCUT2D eigenvalue weighted by Gasteiger charge is -2.11. The lowest BCUT2D eigenvalue weighted by Crippen LogP contribution is -2.23. The van der Waals surface area contributed by atoms with Gasteiger partial charge >= 0.3 is 0 Å². The summed E-state index contributed by atoms with van der Waals surface area (Å²) in [6.45, 7) is 8.67. The average molecular weight is 306 g/mol. The van der Waals surface area contributed by atoms with Crippen LogP contribution in [-0.2, 0) is 11.3 Å². The predicted octanol–water partition coefficient (Wildman–Crippen LogP) is 2.92. The van der Waals surface area contributed by atoms with Crippen LogP contribution in [-0.4, -0.2) is 17.3 Å². The van der Waals surface area contributed by atoms with E-state index in [4.69, 9.17) is 9.47 Å². The monoisotopic (exact) mass is 306 g/mol. The van der Waals surface area contributed by atoms with Crippen LogP contribution in [0.1, 0.15) is 27.7 Å². The molecule has 1 aromatic heterocycles. The number of rotatable bonds is 1. The summed E-state index contributed by atoms with van der Waals surface area (Å²) in [4.78, 5) is 17.2. The van der Waals surface area contributed by atoms with Gasteiger partial charge in [0.05, 0.1) is 10.2 Å². The van der Waals surface area contributed by atoms with Gasteiger partial charge in [0.15, 0.2) is 16.3 Å².